The largest absolute Gasteiger partial charge is 0.310 e. The van der Waals surface area contributed by atoms with Crippen LogP contribution in [0.25, 0.3) is 53.9 Å². The first-order chi connectivity index (χ1) is 29.0. The zero-order chi connectivity index (χ0) is 41.3. The summed E-state index contributed by atoms with van der Waals surface area (Å²) in [4.78, 5) is 4.99. The highest BCUT2D eigenvalue weighted by molar-refractivity contribution is 6.89. The van der Waals surface area contributed by atoms with Crippen LogP contribution in [0.1, 0.15) is 12.5 Å². The molecule has 0 atom stereocenters. The second-order valence-electron chi connectivity index (χ2n) is 18.6. The van der Waals surface area contributed by atoms with Crippen LogP contribution in [0.15, 0.2) is 176 Å². The molecule has 60 heavy (non-hydrogen) atoms. The van der Waals surface area contributed by atoms with Gasteiger partial charge in [-0.25, -0.2) is 0 Å². The van der Waals surface area contributed by atoms with Crippen molar-refractivity contribution in [1.82, 2.24) is 0 Å². The van der Waals surface area contributed by atoms with Crippen molar-refractivity contribution in [2.45, 2.75) is 52.6 Å². The summed E-state index contributed by atoms with van der Waals surface area (Å²) in [6, 6.07) is 66.7. The molecule has 0 fully saturated rings. The van der Waals surface area contributed by atoms with Crippen LogP contribution in [0.3, 0.4) is 0 Å². The van der Waals surface area contributed by atoms with E-state index in [0.29, 0.717) is 0 Å². The summed E-state index contributed by atoms with van der Waals surface area (Å²) in [6.45, 7) is 16.9. The molecule has 0 aliphatic carbocycles. The maximum atomic E-state index is 2.52. The zero-order valence-corrected chi connectivity index (χ0v) is 37.8. The van der Waals surface area contributed by atoms with Gasteiger partial charge in [-0.1, -0.05) is 172 Å². The molecule has 0 saturated heterocycles. The molecule has 0 unspecified atom stereocenters. The van der Waals surface area contributed by atoms with Crippen LogP contribution < -0.4 is 20.2 Å². The smallest absolute Gasteiger partial charge is 0.0775 e. The maximum Gasteiger partial charge on any atom is 0.0775 e. The van der Waals surface area contributed by atoms with Gasteiger partial charge in [0.1, 0.15) is 0 Å². The van der Waals surface area contributed by atoms with E-state index in [4.69, 9.17) is 0 Å². The second kappa shape index (κ2) is 14.5. The average molecular weight is 809 g/mol. The average Bonchev–Trinajstić information content (AvgIpc) is 3.26. The van der Waals surface area contributed by atoms with Crippen molar-refractivity contribution >= 4 is 115 Å². The first-order valence-electron chi connectivity index (χ1n) is 21.5. The standard InChI is InChI=1S/C56H52N2Si2/c1-8-38-37-54(57(44-23-27-48(28-24-44)59(2,3)4)45-25-29-49(30-26-45)60(5,6)7)52-31-19-41-20-34-53(51-33-32-50(38)56(52)55(41)51)58(46-21-17-39-13-9-11-15-42(39)35-46)47-22-18-40-14-10-12-16-43(40)36-47/h9-37H,8H2,1-7H3. The Morgan fingerprint density at radius 2 is 0.767 bits per heavy atom. The number of aryl methyl sites for hydroxylation is 1. The molecule has 294 valence electrons. The third-order valence-corrected chi connectivity index (χ3v) is 16.8. The highest BCUT2D eigenvalue weighted by Crippen LogP contribution is 2.49. The van der Waals surface area contributed by atoms with E-state index >= 15 is 0 Å². The van der Waals surface area contributed by atoms with E-state index in [1.54, 1.807) is 0 Å². The fraction of sp³-hybridized carbons (Fsp3) is 0.143. The van der Waals surface area contributed by atoms with Gasteiger partial charge < -0.3 is 9.80 Å². The Hall–Kier alpha value is -6.21. The van der Waals surface area contributed by atoms with Crippen LogP contribution in [0.5, 0.6) is 0 Å². The molecule has 0 radical (unpaired) electrons. The minimum Gasteiger partial charge on any atom is -0.310 e. The van der Waals surface area contributed by atoms with Gasteiger partial charge in [0.05, 0.1) is 27.5 Å². The van der Waals surface area contributed by atoms with Gasteiger partial charge in [-0.15, -0.1) is 0 Å². The first kappa shape index (κ1) is 38.0. The van der Waals surface area contributed by atoms with Gasteiger partial charge in [0.15, 0.2) is 0 Å². The van der Waals surface area contributed by atoms with Crippen LogP contribution in [-0.2, 0) is 6.42 Å². The van der Waals surface area contributed by atoms with E-state index < -0.39 is 16.1 Å². The Morgan fingerprint density at radius 3 is 1.28 bits per heavy atom. The van der Waals surface area contributed by atoms with Gasteiger partial charge >= 0.3 is 0 Å². The summed E-state index contributed by atoms with van der Waals surface area (Å²) in [5.74, 6) is 0. The Balaban J connectivity index is 1.24. The van der Waals surface area contributed by atoms with Crippen molar-refractivity contribution in [3.8, 4) is 0 Å². The van der Waals surface area contributed by atoms with Gasteiger partial charge in [-0.3, -0.25) is 0 Å². The summed E-state index contributed by atoms with van der Waals surface area (Å²) in [5.41, 5.74) is 8.42. The number of hydrogen-bond acceptors (Lipinski definition) is 2. The van der Waals surface area contributed by atoms with Gasteiger partial charge in [-0.05, 0) is 116 Å². The first-order valence-corrected chi connectivity index (χ1v) is 28.5. The SMILES string of the molecule is CCc1cc(N(c2ccc([Si](C)(C)C)cc2)c2ccc([Si](C)(C)C)cc2)c2ccc3ccc(N(c4ccc5ccccc5c4)c4ccc5ccccc5c4)c4ccc1c2c34. The van der Waals surface area contributed by atoms with Crippen molar-refractivity contribution < 1.29 is 0 Å². The molecule has 0 aliphatic rings. The van der Waals surface area contributed by atoms with E-state index in [9.17, 15) is 0 Å². The topological polar surface area (TPSA) is 6.48 Å². The fourth-order valence-corrected chi connectivity index (χ4v) is 11.6. The minimum atomic E-state index is -1.49. The van der Waals surface area contributed by atoms with Crippen molar-refractivity contribution in [3.05, 3.63) is 181 Å². The summed E-state index contributed by atoms with van der Waals surface area (Å²) in [6.07, 6.45) is 0.936. The summed E-state index contributed by atoms with van der Waals surface area (Å²) in [5, 5.41) is 15.6. The summed E-state index contributed by atoms with van der Waals surface area (Å²) >= 11 is 0. The number of rotatable bonds is 9. The monoisotopic (exact) mass is 808 g/mol. The number of nitrogens with zero attached hydrogens (tertiary/aromatic N) is 2. The lowest BCUT2D eigenvalue weighted by Crippen LogP contribution is -2.37. The lowest BCUT2D eigenvalue weighted by molar-refractivity contribution is 1.15. The van der Waals surface area contributed by atoms with E-state index in [-0.39, 0.29) is 0 Å². The third-order valence-electron chi connectivity index (χ3n) is 12.7. The maximum absolute atomic E-state index is 2.52. The van der Waals surface area contributed by atoms with Gasteiger partial charge in [0, 0.05) is 33.5 Å². The number of benzene rings is 10. The van der Waals surface area contributed by atoms with E-state index in [1.807, 2.05) is 0 Å². The normalized spacial score (nSPS) is 12.3. The molecule has 10 rings (SSSR count). The molecular weight excluding hydrogens is 757 g/mol. The van der Waals surface area contributed by atoms with E-state index in [1.165, 1.54) is 92.5 Å². The van der Waals surface area contributed by atoms with Crippen LogP contribution >= 0.6 is 0 Å². The number of fused-ring (bicyclic) bond motifs is 2. The Labute approximate surface area is 356 Å². The molecule has 0 spiro atoms. The molecule has 0 bridgehead atoms. The molecule has 0 N–H and O–H groups in total. The fourth-order valence-electron chi connectivity index (χ4n) is 9.31. The molecule has 0 aromatic heterocycles. The van der Waals surface area contributed by atoms with Crippen molar-refractivity contribution in [3.63, 3.8) is 0 Å². The lowest BCUT2D eigenvalue weighted by atomic mass is 9.89. The molecule has 4 heteroatoms. The van der Waals surface area contributed by atoms with Gasteiger partial charge in [0.25, 0.3) is 0 Å². The highest BCUT2D eigenvalue weighted by atomic mass is 28.3. The number of anilines is 6. The van der Waals surface area contributed by atoms with Gasteiger partial charge in [-0.2, -0.15) is 0 Å². The molecule has 10 aromatic rings. The predicted molar refractivity (Wildman–Crippen MR) is 270 cm³/mol. The third kappa shape index (κ3) is 6.55. The molecule has 2 nitrogen and oxygen atoms in total. The van der Waals surface area contributed by atoms with E-state index in [2.05, 4.69) is 232 Å². The quantitative estimate of drug-likeness (QED) is 0.106. The Kier molecular flexibility index (Phi) is 9.20. The number of hydrogen-bond donors (Lipinski definition) is 0. The molecular formula is C56H52N2Si2. The van der Waals surface area contributed by atoms with Crippen molar-refractivity contribution in [1.29, 1.82) is 0 Å². The Morgan fingerprint density at radius 1 is 0.350 bits per heavy atom. The predicted octanol–water partition coefficient (Wildman–Crippen LogP) is 15.5. The van der Waals surface area contributed by atoms with Crippen molar-refractivity contribution in [2.75, 3.05) is 9.80 Å². The highest BCUT2D eigenvalue weighted by Gasteiger charge is 2.25. The minimum absolute atomic E-state index is 0.936. The van der Waals surface area contributed by atoms with Crippen LogP contribution in [0.4, 0.5) is 34.1 Å². The summed E-state index contributed by atoms with van der Waals surface area (Å²) in [7, 11) is -2.98. The molecule has 0 heterocycles. The molecule has 0 aliphatic heterocycles. The zero-order valence-electron chi connectivity index (χ0n) is 35.8. The van der Waals surface area contributed by atoms with E-state index in [0.717, 1.165) is 17.8 Å². The van der Waals surface area contributed by atoms with Gasteiger partial charge in [0.2, 0.25) is 0 Å². The second-order valence-corrected chi connectivity index (χ2v) is 28.7. The lowest BCUT2D eigenvalue weighted by Gasteiger charge is -2.31. The molecule has 10 aromatic carbocycles. The van der Waals surface area contributed by atoms with Crippen LogP contribution in [0.2, 0.25) is 39.3 Å². The molecule has 0 amide bonds. The summed E-state index contributed by atoms with van der Waals surface area (Å²) < 4.78 is 0. The Bertz CT molecular complexity index is 3070. The van der Waals surface area contributed by atoms with Crippen LogP contribution in [0, 0.1) is 0 Å². The van der Waals surface area contributed by atoms with Crippen LogP contribution in [-0.4, -0.2) is 16.1 Å². The molecule has 0 saturated carbocycles. The van der Waals surface area contributed by atoms with Crippen molar-refractivity contribution in [2.24, 2.45) is 0 Å².